The average molecular weight is 397 g/mol. The summed E-state index contributed by atoms with van der Waals surface area (Å²) in [5.41, 5.74) is 1.07. The van der Waals surface area contributed by atoms with E-state index in [9.17, 15) is 0 Å². The molecule has 0 spiro atoms. The van der Waals surface area contributed by atoms with Crippen LogP contribution in [0.2, 0.25) is 10.0 Å². The van der Waals surface area contributed by atoms with Crippen LogP contribution in [0.4, 0.5) is 11.5 Å². The molecular weight excluding hydrogens is 379 g/mol. The van der Waals surface area contributed by atoms with E-state index in [-0.39, 0.29) is 0 Å². The molecule has 0 unspecified atom stereocenters. The van der Waals surface area contributed by atoms with Crippen LogP contribution in [0.25, 0.3) is 0 Å². The summed E-state index contributed by atoms with van der Waals surface area (Å²) >= 11 is 17.6. The number of hydrogen-bond donors (Lipinski definition) is 1. The van der Waals surface area contributed by atoms with Crippen LogP contribution in [0, 0.1) is 0 Å². The molecule has 0 radical (unpaired) electrons. The Morgan fingerprint density at radius 2 is 1.88 bits per heavy atom. The Balaban J connectivity index is 1.57. The Morgan fingerprint density at radius 1 is 1.12 bits per heavy atom. The number of ether oxygens (including phenoxy) is 1. The van der Waals surface area contributed by atoms with E-state index in [0.29, 0.717) is 26.9 Å². The van der Waals surface area contributed by atoms with E-state index in [1.807, 2.05) is 30.3 Å². The van der Waals surface area contributed by atoms with E-state index < -0.39 is 0 Å². The number of pyridine rings is 1. The van der Waals surface area contributed by atoms with E-state index in [1.54, 1.807) is 13.2 Å². The number of halogens is 2. The first-order chi connectivity index (χ1) is 12.1. The lowest BCUT2D eigenvalue weighted by Gasteiger charge is -2.37. The Bertz CT molecular complexity index is 766. The maximum Gasteiger partial charge on any atom is 0.214 e. The lowest BCUT2D eigenvalue weighted by atomic mass is 10.2. The van der Waals surface area contributed by atoms with Gasteiger partial charge in [-0.3, -0.25) is 0 Å². The normalized spacial score (nSPS) is 14.4. The van der Waals surface area contributed by atoms with Gasteiger partial charge in [-0.1, -0.05) is 29.3 Å². The minimum atomic E-state index is 0.553. The fraction of sp³-hybridized carbons (Fsp3) is 0.294. The highest BCUT2D eigenvalue weighted by Gasteiger charge is 2.20. The van der Waals surface area contributed by atoms with Crippen molar-refractivity contribution in [2.45, 2.75) is 0 Å². The molecule has 8 heteroatoms. The third-order valence-electron chi connectivity index (χ3n) is 4.00. The van der Waals surface area contributed by atoms with Crippen molar-refractivity contribution in [3.63, 3.8) is 0 Å². The number of methoxy groups -OCH3 is 1. The molecule has 132 valence electrons. The molecule has 0 amide bonds. The number of nitrogens with zero attached hydrogens (tertiary/aromatic N) is 3. The molecule has 0 atom stereocenters. The molecule has 1 fully saturated rings. The molecule has 2 aromatic rings. The Morgan fingerprint density at radius 3 is 2.56 bits per heavy atom. The van der Waals surface area contributed by atoms with Crippen molar-refractivity contribution in [3.05, 3.63) is 46.4 Å². The maximum absolute atomic E-state index is 6.11. The number of hydrogen-bond acceptors (Lipinski definition) is 4. The molecule has 0 bridgehead atoms. The Kier molecular flexibility index (Phi) is 5.83. The van der Waals surface area contributed by atoms with Crippen LogP contribution in [0.5, 0.6) is 5.88 Å². The monoisotopic (exact) mass is 396 g/mol. The molecule has 1 aromatic heterocycles. The second-order valence-electron chi connectivity index (χ2n) is 5.57. The predicted octanol–water partition coefficient (Wildman–Crippen LogP) is 3.92. The molecule has 5 nitrogen and oxygen atoms in total. The zero-order chi connectivity index (χ0) is 17.8. The van der Waals surface area contributed by atoms with Crippen molar-refractivity contribution in [1.29, 1.82) is 0 Å². The highest BCUT2D eigenvalue weighted by Crippen LogP contribution is 2.27. The van der Waals surface area contributed by atoms with Crippen LogP contribution in [0.1, 0.15) is 0 Å². The van der Waals surface area contributed by atoms with E-state index >= 15 is 0 Å². The van der Waals surface area contributed by atoms with Crippen molar-refractivity contribution < 1.29 is 4.74 Å². The van der Waals surface area contributed by atoms with Crippen molar-refractivity contribution in [2.24, 2.45) is 0 Å². The molecule has 25 heavy (non-hydrogen) atoms. The molecule has 2 heterocycles. The highest BCUT2D eigenvalue weighted by atomic mass is 35.5. The summed E-state index contributed by atoms with van der Waals surface area (Å²) in [6.07, 6.45) is 0. The molecule has 3 rings (SSSR count). The van der Waals surface area contributed by atoms with Gasteiger partial charge in [0.25, 0.3) is 0 Å². The van der Waals surface area contributed by atoms with Gasteiger partial charge < -0.3 is 19.9 Å². The summed E-state index contributed by atoms with van der Waals surface area (Å²) in [5, 5.41) is 4.97. The average Bonchev–Trinajstić information content (AvgIpc) is 2.64. The minimum Gasteiger partial charge on any atom is -0.481 e. The summed E-state index contributed by atoms with van der Waals surface area (Å²) in [4.78, 5) is 8.72. The zero-order valence-corrected chi connectivity index (χ0v) is 16.0. The molecule has 1 saturated heterocycles. The number of piperazine rings is 1. The topological polar surface area (TPSA) is 40.6 Å². The van der Waals surface area contributed by atoms with Crippen molar-refractivity contribution in [3.8, 4) is 5.88 Å². The Labute approximate surface area is 162 Å². The number of anilines is 2. The third-order valence-corrected chi connectivity index (χ3v) is 5.10. The summed E-state index contributed by atoms with van der Waals surface area (Å²) in [6, 6.07) is 11.2. The van der Waals surface area contributed by atoms with Crippen LogP contribution >= 0.6 is 35.4 Å². The fourth-order valence-corrected chi connectivity index (χ4v) is 3.22. The fourth-order valence-electron chi connectivity index (χ4n) is 2.64. The van der Waals surface area contributed by atoms with Crippen LogP contribution in [0.3, 0.4) is 0 Å². The summed E-state index contributed by atoms with van der Waals surface area (Å²) in [7, 11) is 1.59. The van der Waals surface area contributed by atoms with E-state index in [4.69, 9.17) is 40.2 Å². The first kappa shape index (κ1) is 18.0. The van der Waals surface area contributed by atoms with Crippen LogP contribution in [-0.2, 0) is 0 Å². The lowest BCUT2D eigenvalue weighted by Crippen LogP contribution is -2.50. The summed E-state index contributed by atoms with van der Waals surface area (Å²) in [6.45, 7) is 3.34. The number of rotatable bonds is 3. The van der Waals surface area contributed by atoms with Crippen LogP contribution in [-0.4, -0.2) is 48.3 Å². The second kappa shape index (κ2) is 8.08. The quantitative estimate of drug-likeness (QED) is 0.792. The Hall–Kier alpha value is -1.76. The summed E-state index contributed by atoms with van der Waals surface area (Å²) < 4.78 is 5.13. The van der Waals surface area contributed by atoms with Gasteiger partial charge in [0.2, 0.25) is 5.88 Å². The SMILES string of the molecule is COc1cccc(NC(=S)N2CCN(c3ccc(Cl)c(Cl)c3)CC2)n1. The molecule has 1 N–H and O–H groups in total. The van der Waals surface area contributed by atoms with Crippen molar-refractivity contribution in [2.75, 3.05) is 43.5 Å². The molecule has 1 aliphatic heterocycles. The molecular formula is C17H18Cl2N4OS. The number of aromatic nitrogens is 1. The minimum absolute atomic E-state index is 0.553. The molecule has 0 saturated carbocycles. The lowest BCUT2D eigenvalue weighted by molar-refractivity contribution is 0.390. The molecule has 0 aliphatic carbocycles. The van der Waals surface area contributed by atoms with Gasteiger partial charge in [0.05, 0.1) is 17.2 Å². The van der Waals surface area contributed by atoms with Gasteiger partial charge in [-0.15, -0.1) is 0 Å². The zero-order valence-electron chi connectivity index (χ0n) is 13.7. The number of benzene rings is 1. The van der Waals surface area contributed by atoms with Crippen LogP contribution in [0.15, 0.2) is 36.4 Å². The predicted molar refractivity (Wildman–Crippen MR) is 107 cm³/mol. The maximum atomic E-state index is 6.11. The van der Waals surface area contributed by atoms with Crippen molar-refractivity contribution >= 4 is 52.0 Å². The van der Waals surface area contributed by atoms with Gasteiger partial charge in [0, 0.05) is 37.9 Å². The van der Waals surface area contributed by atoms with Gasteiger partial charge in [-0.2, -0.15) is 4.98 Å². The van der Waals surface area contributed by atoms with Crippen molar-refractivity contribution in [1.82, 2.24) is 9.88 Å². The first-order valence-electron chi connectivity index (χ1n) is 7.84. The van der Waals surface area contributed by atoms with Gasteiger partial charge in [0.1, 0.15) is 5.82 Å². The van der Waals surface area contributed by atoms with Crippen LogP contribution < -0.4 is 15.0 Å². The number of thiocarbonyl (C=S) groups is 1. The van der Waals surface area contributed by atoms with Gasteiger partial charge in [0.15, 0.2) is 5.11 Å². The largest absolute Gasteiger partial charge is 0.481 e. The standard InChI is InChI=1S/C17H18Cl2N4OS/c1-24-16-4-2-3-15(20-16)21-17(25)23-9-7-22(8-10-23)12-5-6-13(18)14(19)11-12/h2-6,11H,7-10H2,1H3,(H,20,21,25). The first-order valence-corrected chi connectivity index (χ1v) is 9.00. The molecule has 1 aliphatic rings. The molecule has 1 aromatic carbocycles. The highest BCUT2D eigenvalue weighted by molar-refractivity contribution is 7.80. The van der Waals surface area contributed by atoms with Gasteiger partial charge in [-0.05, 0) is 36.5 Å². The third kappa shape index (κ3) is 4.45. The second-order valence-corrected chi connectivity index (χ2v) is 6.77. The van der Waals surface area contributed by atoms with E-state index in [2.05, 4.69) is 20.1 Å². The summed E-state index contributed by atoms with van der Waals surface area (Å²) in [5.74, 6) is 1.23. The number of nitrogens with one attached hydrogen (secondary N) is 1. The van der Waals surface area contributed by atoms with Gasteiger partial charge in [-0.25, -0.2) is 0 Å². The van der Waals surface area contributed by atoms with E-state index in [1.165, 1.54) is 0 Å². The smallest absolute Gasteiger partial charge is 0.214 e. The van der Waals surface area contributed by atoms with E-state index in [0.717, 1.165) is 31.9 Å². The van der Waals surface area contributed by atoms with Gasteiger partial charge >= 0.3 is 0 Å².